The minimum atomic E-state index is -0.589. The molecule has 0 spiro atoms. The lowest BCUT2D eigenvalue weighted by Crippen LogP contribution is -2.56. The summed E-state index contributed by atoms with van der Waals surface area (Å²) in [5.41, 5.74) is 0.289. The van der Waals surface area contributed by atoms with Crippen molar-refractivity contribution in [1.82, 2.24) is 9.80 Å². The highest BCUT2D eigenvalue weighted by Gasteiger charge is 2.39. The Labute approximate surface area is 154 Å². The molecule has 0 N–H and O–H groups in total. The van der Waals surface area contributed by atoms with Crippen LogP contribution in [0.25, 0.3) is 6.08 Å². The first-order valence-electron chi connectivity index (χ1n) is 7.92. The number of nitro groups is 1. The number of rotatable bonds is 4. The van der Waals surface area contributed by atoms with Crippen LogP contribution in [0.5, 0.6) is 0 Å². The number of thiophene rings is 1. The van der Waals surface area contributed by atoms with Crippen molar-refractivity contribution in [3.8, 4) is 0 Å². The number of likely N-dealkylation sites (N-methyl/N-ethyl adjacent to an activating group) is 2. The zero-order valence-corrected chi connectivity index (χ0v) is 15.1. The van der Waals surface area contributed by atoms with E-state index >= 15 is 0 Å². The maximum Gasteiger partial charge on any atom is 0.276 e. The van der Waals surface area contributed by atoms with Gasteiger partial charge in [-0.15, -0.1) is 11.3 Å². The van der Waals surface area contributed by atoms with Gasteiger partial charge in [0.2, 0.25) is 5.91 Å². The van der Waals surface area contributed by atoms with Crippen LogP contribution in [0.15, 0.2) is 47.5 Å². The quantitative estimate of drug-likeness (QED) is 0.470. The molecule has 2 amide bonds. The van der Waals surface area contributed by atoms with E-state index in [1.807, 2.05) is 17.5 Å². The monoisotopic (exact) mass is 371 g/mol. The van der Waals surface area contributed by atoms with Gasteiger partial charge in [-0.1, -0.05) is 18.2 Å². The number of hydrogen-bond donors (Lipinski definition) is 0. The van der Waals surface area contributed by atoms with E-state index in [1.54, 1.807) is 25.2 Å². The average Bonchev–Trinajstić information content (AvgIpc) is 3.14. The third-order valence-electron chi connectivity index (χ3n) is 4.38. The van der Waals surface area contributed by atoms with Crippen molar-refractivity contribution >= 4 is 34.9 Å². The van der Waals surface area contributed by atoms with E-state index in [-0.39, 0.29) is 28.8 Å². The molecular weight excluding hydrogens is 354 g/mol. The largest absolute Gasteiger partial charge is 0.328 e. The Morgan fingerprint density at radius 3 is 2.58 bits per heavy atom. The van der Waals surface area contributed by atoms with E-state index in [4.69, 9.17) is 0 Å². The number of hydrogen-bond acceptors (Lipinski definition) is 5. The molecule has 26 heavy (non-hydrogen) atoms. The lowest BCUT2D eigenvalue weighted by Gasteiger charge is -2.38. The molecular formula is C18H17N3O4S. The maximum atomic E-state index is 12.8. The zero-order chi connectivity index (χ0) is 18.8. The van der Waals surface area contributed by atoms with E-state index in [0.29, 0.717) is 6.42 Å². The lowest BCUT2D eigenvalue weighted by molar-refractivity contribution is -0.385. The summed E-state index contributed by atoms with van der Waals surface area (Å²) < 4.78 is 0. The summed E-state index contributed by atoms with van der Waals surface area (Å²) in [5, 5.41) is 13.1. The topological polar surface area (TPSA) is 83.8 Å². The van der Waals surface area contributed by atoms with Crippen LogP contribution in [-0.4, -0.2) is 46.7 Å². The van der Waals surface area contributed by atoms with E-state index in [9.17, 15) is 19.7 Å². The molecule has 2 heterocycles. The lowest BCUT2D eigenvalue weighted by atomic mass is 10.0. The van der Waals surface area contributed by atoms with Gasteiger partial charge in [-0.2, -0.15) is 0 Å². The number of amides is 2. The van der Waals surface area contributed by atoms with E-state index in [2.05, 4.69) is 0 Å². The fourth-order valence-electron chi connectivity index (χ4n) is 2.90. The van der Waals surface area contributed by atoms with Gasteiger partial charge in [-0.05, 0) is 23.6 Å². The van der Waals surface area contributed by atoms with Gasteiger partial charge < -0.3 is 9.80 Å². The van der Waals surface area contributed by atoms with Gasteiger partial charge in [-0.25, -0.2) is 0 Å². The first-order valence-corrected chi connectivity index (χ1v) is 8.80. The molecule has 1 aliphatic rings. The molecule has 7 nitrogen and oxygen atoms in total. The zero-order valence-electron chi connectivity index (χ0n) is 14.3. The average molecular weight is 371 g/mol. The standard InChI is InChI=1S/C18H17N3O4S/c1-19-15(10-12-6-3-4-8-14(12)21(24)25)17(22)20(2)16(18(19)23)11-13-7-5-9-26-13/h3-10,16H,11H2,1-2H3. The van der Waals surface area contributed by atoms with Gasteiger partial charge in [0, 0.05) is 31.5 Å². The van der Waals surface area contributed by atoms with Crippen molar-refractivity contribution in [3.05, 3.63) is 68.0 Å². The third kappa shape index (κ3) is 3.23. The molecule has 134 valence electrons. The van der Waals surface area contributed by atoms with Crippen molar-refractivity contribution in [1.29, 1.82) is 0 Å². The molecule has 3 rings (SSSR count). The Morgan fingerprint density at radius 2 is 1.92 bits per heavy atom. The van der Waals surface area contributed by atoms with Crippen LogP contribution in [0.3, 0.4) is 0 Å². The van der Waals surface area contributed by atoms with E-state index in [0.717, 1.165) is 4.88 Å². The number of carbonyl (C=O) groups is 2. The van der Waals surface area contributed by atoms with Gasteiger partial charge in [-0.3, -0.25) is 19.7 Å². The Morgan fingerprint density at radius 1 is 1.19 bits per heavy atom. The van der Waals surface area contributed by atoms with Crippen LogP contribution in [0.4, 0.5) is 5.69 Å². The van der Waals surface area contributed by atoms with Crippen molar-refractivity contribution in [2.75, 3.05) is 14.1 Å². The molecule has 1 fully saturated rings. The first-order chi connectivity index (χ1) is 12.4. The van der Waals surface area contributed by atoms with Crippen LogP contribution in [0.2, 0.25) is 0 Å². The fourth-order valence-corrected chi connectivity index (χ4v) is 3.64. The fraction of sp³-hybridized carbons (Fsp3) is 0.222. The Kier molecular flexibility index (Phi) is 4.85. The molecule has 0 bridgehead atoms. The maximum absolute atomic E-state index is 12.8. The molecule has 1 atom stereocenters. The molecule has 0 saturated carbocycles. The van der Waals surface area contributed by atoms with Crippen molar-refractivity contribution in [2.24, 2.45) is 0 Å². The Bertz CT molecular complexity index is 892. The summed E-state index contributed by atoms with van der Waals surface area (Å²) in [6.45, 7) is 0. The van der Waals surface area contributed by atoms with Gasteiger partial charge in [0.25, 0.3) is 11.6 Å². The number of benzene rings is 1. The van der Waals surface area contributed by atoms with Gasteiger partial charge in [0.15, 0.2) is 0 Å². The highest BCUT2D eigenvalue weighted by atomic mass is 32.1. The molecule has 8 heteroatoms. The number of nitrogens with zero attached hydrogens (tertiary/aromatic N) is 3. The molecule has 1 aromatic carbocycles. The second kappa shape index (κ2) is 7.09. The van der Waals surface area contributed by atoms with Crippen LogP contribution in [0, 0.1) is 10.1 Å². The van der Waals surface area contributed by atoms with Crippen molar-refractivity contribution in [3.63, 3.8) is 0 Å². The van der Waals surface area contributed by atoms with Crippen molar-refractivity contribution < 1.29 is 14.5 Å². The number of para-hydroxylation sites is 1. The molecule has 1 unspecified atom stereocenters. The van der Waals surface area contributed by atoms with Crippen LogP contribution < -0.4 is 0 Å². The SMILES string of the molecule is CN1C(=O)C(Cc2cccs2)N(C)C(=O)C1=Cc1ccccc1[N+](=O)[O-]. The van der Waals surface area contributed by atoms with Crippen LogP contribution >= 0.6 is 11.3 Å². The minimum Gasteiger partial charge on any atom is -0.328 e. The van der Waals surface area contributed by atoms with Gasteiger partial charge >= 0.3 is 0 Å². The summed E-state index contributed by atoms with van der Waals surface area (Å²) in [4.78, 5) is 40.0. The van der Waals surface area contributed by atoms with Crippen LogP contribution in [-0.2, 0) is 16.0 Å². The number of nitro benzene ring substituents is 1. The number of piperazine rings is 1. The molecule has 1 saturated heterocycles. The normalized spacial score (nSPS) is 19.3. The minimum absolute atomic E-state index is 0.114. The van der Waals surface area contributed by atoms with E-state index < -0.39 is 11.0 Å². The second-order valence-electron chi connectivity index (χ2n) is 5.96. The molecule has 0 aliphatic carbocycles. The van der Waals surface area contributed by atoms with Crippen LogP contribution in [0.1, 0.15) is 10.4 Å². The summed E-state index contributed by atoms with van der Waals surface area (Å²) >= 11 is 1.53. The highest BCUT2D eigenvalue weighted by Crippen LogP contribution is 2.27. The second-order valence-corrected chi connectivity index (χ2v) is 6.99. The summed E-state index contributed by atoms with van der Waals surface area (Å²) in [5.74, 6) is -0.558. The summed E-state index contributed by atoms with van der Waals surface area (Å²) in [6, 6.07) is 9.36. The molecule has 1 aromatic heterocycles. The van der Waals surface area contributed by atoms with Crippen molar-refractivity contribution in [2.45, 2.75) is 12.5 Å². The summed E-state index contributed by atoms with van der Waals surface area (Å²) in [6.07, 6.45) is 1.85. The first kappa shape index (κ1) is 17.8. The highest BCUT2D eigenvalue weighted by molar-refractivity contribution is 7.09. The predicted octanol–water partition coefficient (Wildman–Crippen LogP) is 2.54. The molecule has 1 aliphatic heterocycles. The smallest absolute Gasteiger partial charge is 0.276 e. The third-order valence-corrected chi connectivity index (χ3v) is 5.28. The van der Waals surface area contributed by atoms with Gasteiger partial charge in [0.05, 0.1) is 10.5 Å². The Hall–Kier alpha value is -3.00. The van der Waals surface area contributed by atoms with Gasteiger partial charge in [0.1, 0.15) is 11.7 Å². The molecule has 2 aromatic rings. The predicted molar refractivity (Wildman–Crippen MR) is 98.4 cm³/mol. The number of carbonyl (C=O) groups excluding carboxylic acids is 2. The molecule has 0 radical (unpaired) electrons. The Balaban J connectivity index is 1.95. The van der Waals surface area contributed by atoms with E-state index in [1.165, 1.54) is 40.3 Å². The summed E-state index contributed by atoms with van der Waals surface area (Å²) in [7, 11) is 3.11.